The molecule has 0 fully saturated rings. The molecule has 0 radical (unpaired) electrons. The van der Waals surface area contributed by atoms with E-state index in [-0.39, 0.29) is 11.8 Å². The molecule has 2 aromatic heterocycles. The highest BCUT2D eigenvalue weighted by molar-refractivity contribution is 6.04. The van der Waals surface area contributed by atoms with Crippen LogP contribution in [0.25, 0.3) is 33.4 Å². The van der Waals surface area contributed by atoms with Crippen molar-refractivity contribution in [2.75, 3.05) is 0 Å². The molecule has 0 unspecified atom stereocenters. The number of carbonyl (C=O) groups excluding carboxylic acids is 1. The minimum atomic E-state index is -0.0840. The summed E-state index contributed by atoms with van der Waals surface area (Å²) in [6.07, 6.45) is 3.40. The van der Waals surface area contributed by atoms with Gasteiger partial charge in [-0.1, -0.05) is 78.9 Å². The Bertz CT molecular complexity index is 1540. The smallest absolute Gasteiger partial charge is 0.238 e. The molecule has 5 nitrogen and oxygen atoms in total. The molecule has 158 valence electrons. The van der Waals surface area contributed by atoms with E-state index in [2.05, 4.69) is 11.1 Å². The van der Waals surface area contributed by atoms with E-state index in [1.807, 2.05) is 84.9 Å². The van der Waals surface area contributed by atoms with Gasteiger partial charge < -0.3 is 4.42 Å². The third-order valence-corrected chi connectivity index (χ3v) is 5.50. The standard InChI is InChI=1S/C28H19N3O2/c1-19(32)31-18-22(23-14-8-9-15-25(23)31)17-30-28-24(16-29)26(20-10-4-2-5-11-20)27(33-28)21-12-6-3-7-13-21/h2-15,17-18H,1H3/b30-17+. The van der Waals surface area contributed by atoms with Gasteiger partial charge in [0, 0.05) is 41.4 Å². The van der Waals surface area contributed by atoms with Gasteiger partial charge in [-0.3, -0.25) is 9.36 Å². The molecule has 5 heteroatoms. The molecule has 5 aromatic rings. The number of carbonyl (C=O) groups is 1. The summed E-state index contributed by atoms with van der Waals surface area (Å²) in [4.78, 5) is 16.6. The second kappa shape index (κ2) is 8.45. The van der Waals surface area contributed by atoms with Crippen molar-refractivity contribution in [2.45, 2.75) is 6.92 Å². The molecule has 0 aliphatic carbocycles. The summed E-state index contributed by atoms with van der Waals surface area (Å²) in [5.74, 6) is 0.741. The zero-order valence-corrected chi connectivity index (χ0v) is 17.9. The first kappa shape index (κ1) is 20.2. The number of para-hydroxylation sites is 1. The summed E-state index contributed by atoms with van der Waals surface area (Å²) in [6.45, 7) is 1.52. The first-order chi connectivity index (χ1) is 16.2. The van der Waals surface area contributed by atoms with Gasteiger partial charge in [0.05, 0.1) is 5.52 Å². The summed E-state index contributed by atoms with van der Waals surface area (Å²) < 4.78 is 7.76. The minimum absolute atomic E-state index is 0.0840. The number of hydrogen-bond acceptors (Lipinski definition) is 4. The number of fused-ring (bicyclic) bond motifs is 1. The quantitative estimate of drug-likeness (QED) is 0.293. The molecule has 0 saturated heterocycles. The van der Waals surface area contributed by atoms with Crippen LogP contribution in [0.3, 0.4) is 0 Å². The average molecular weight is 429 g/mol. The molecule has 0 atom stereocenters. The van der Waals surface area contributed by atoms with Gasteiger partial charge >= 0.3 is 0 Å². The Morgan fingerprint density at radius 1 is 0.939 bits per heavy atom. The molecule has 0 aliphatic rings. The zero-order chi connectivity index (χ0) is 22.8. The van der Waals surface area contributed by atoms with Gasteiger partial charge in [-0.25, -0.2) is 4.99 Å². The predicted molar refractivity (Wildman–Crippen MR) is 130 cm³/mol. The molecule has 0 aliphatic heterocycles. The van der Waals surface area contributed by atoms with Gasteiger partial charge in [0.25, 0.3) is 0 Å². The molecule has 3 aromatic carbocycles. The van der Waals surface area contributed by atoms with Crippen LogP contribution in [-0.2, 0) is 0 Å². The first-order valence-electron chi connectivity index (χ1n) is 10.5. The van der Waals surface area contributed by atoms with Crippen LogP contribution in [0.2, 0.25) is 0 Å². The van der Waals surface area contributed by atoms with Crippen molar-refractivity contribution >= 4 is 28.9 Å². The topological polar surface area (TPSA) is 71.3 Å². The molecule has 0 bridgehead atoms. The van der Waals surface area contributed by atoms with Crippen LogP contribution in [0.5, 0.6) is 0 Å². The predicted octanol–water partition coefficient (Wildman–Crippen LogP) is 6.85. The highest BCUT2D eigenvalue weighted by atomic mass is 16.4. The van der Waals surface area contributed by atoms with E-state index in [1.54, 1.807) is 17.0 Å². The third-order valence-electron chi connectivity index (χ3n) is 5.50. The SMILES string of the molecule is CC(=O)n1cc(/C=N/c2oc(-c3ccccc3)c(-c3ccccc3)c2C#N)c2ccccc21. The molecular formula is C28H19N3O2. The maximum absolute atomic E-state index is 12.1. The fraction of sp³-hybridized carbons (Fsp3) is 0.0357. The Hall–Kier alpha value is -4.69. The van der Waals surface area contributed by atoms with Crippen molar-refractivity contribution in [3.05, 3.63) is 102 Å². The normalized spacial score (nSPS) is 11.2. The van der Waals surface area contributed by atoms with Crippen molar-refractivity contribution in [1.29, 1.82) is 5.26 Å². The number of aromatic nitrogens is 1. The van der Waals surface area contributed by atoms with Crippen molar-refractivity contribution < 1.29 is 9.21 Å². The van der Waals surface area contributed by atoms with Gasteiger partial charge in [0.15, 0.2) is 0 Å². The fourth-order valence-corrected chi connectivity index (χ4v) is 3.98. The van der Waals surface area contributed by atoms with Crippen LogP contribution in [-0.4, -0.2) is 16.7 Å². The molecule has 0 saturated carbocycles. The van der Waals surface area contributed by atoms with E-state index in [9.17, 15) is 10.1 Å². The summed E-state index contributed by atoms with van der Waals surface area (Å²) in [6, 6.07) is 29.3. The van der Waals surface area contributed by atoms with Gasteiger partial charge in [-0.05, 0) is 11.6 Å². The summed E-state index contributed by atoms with van der Waals surface area (Å²) >= 11 is 0. The molecule has 0 N–H and O–H groups in total. The van der Waals surface area contributed by atoms with Crippen LogP contribution < -0.4 is 0 Å². The van der Waals surface area contributed by atoms with E-state index in [0.29, 0.717) is 16.9 Å². The van der Waals surface area contributed by atoms with E-state index in [1.165, 1.54) is 6.92 Å². The number of benzene rings is 3. The monoisotopic (exact) mass is 429 g/mol. The number of nitrogens with zero attached hydrogens (tertiary/aromatic N) is 3. The van der Waals surface area contributed by atoms with E-state index in [4.69, 9.17) is 4.42 Å². The number of furan rings is 1. The summed E-state index contributed by atoms with van der Waals surface area (Å²) in [7, 11) is 0. The lowest BCUT2D eigenvalue weighted by Gasteiger charge is -2.03. The van der Waals surface area contributed by atoms with Crippen molar-refractivity contribution in [3.63, 3.8) is 0 Å². The molecule has 5 rings (SSSR count). The van der Waals surface area contributed by atoms with Crippen molar-refractivity contribution in [3.8, 4) is 28.5 Å². The van der Waals surface area contributed by atoms with Crippen LogP contribution in [0.15, 0.2) is 101 Å². The Morgan fingerprint density at radius 3 is 2.24 bits per heavy atom. The van der Waals surface area contributed by atoms with Crippen molar-refractivity contribution in [1.82, 2.24) is 4.57 Å². The number of aliphatic imine (C=N–C) groups is 1. The molecule has 0 amide bonds. The lowest BCUT2D eigenvalue weighted by Crippen LogP contribution is -2.02. The number of rotatable bonds is 4. The fourth-order valence-electron chi connectivity index (χ4n) is 3.98. The minimum Gasteiger partial charge on any atom is -0.436 e. The van der Waals surface area contributed by atoms with Gasteiger partial charge in [0.1, 0.15) is 17.4 Å². The summed E-state index contributed by atoms with van der Waals surface area (Å²) in [5.41, 5.74) is 4.40. The maximum Gasteiger partial charge on any atom is 0.238 e. The van der Waals surface area contributed by atoms with Gasteiger partial charge in [0.2, 0.25) is 11.8 Å². The highest BCUT2D eigenvalue weighted by Gasteiger charge is 2.22. The Morgan fingerprint density at radius 2 is 1.58 bits per heavy atom. The van der Waals surface area contributed by atoms with Gasteiger partial charge in [-0.2, -0.15) is 5.26 Å². The second-order valence-corrected chi connectivity index (χ2v) is 7.58. The Kier molecular flexibility index (Phi) is 5.18. The number of nitriles is 1. The summed E-state index contributed by atoms with van der Waals surface area (Å²) in [5, 5.41) is 10.9. The lowest BCUT2D eigenvalue weighted by molar-refractivity contribution is 0.0941. The Balaban J connectivity index is 1.68. The zero-order valence-electron chi connectivity index (χ0n) is 17.9. The Labute approximate surface area is 190 Å². The van der Waals surface area contributed by atoms with Crippen LogP contribution in [0.4, 0.5) is 5.88 Å². The molecule has 2 heterocycles. The van der Waals surface area contributed by atoms with Crippen LogP contribution >= 0.6 is 0 Å². The first-order valence-corrected chi connectivity index (χ1v) is 10.5. The van der Waals surface area contributed by atoms with Gasteiger partial charge in [-0.15, -0.1) is 0 Å². The van der Waals surface area contributed by atoms with E-state index >= 15 is 0 Å². The van der Waals surface area contributed by atoms with Crippen molar-refractivity contribution in [2.24, 2.45) is 4.99 Å². The molecule has 33 heavy (non-hydrogen) atoms. The van der Waals surface area contributed by atoms with E-state index in [0.717, 1.165) is 27.6 Å². The third kappa shape index (κ3) is 3.64. The van der Waals surface area contributed by atoms with Crippen LogP contribution in [0.1, 0.15) is 22.8 Å². The largest absolute Gasteiger partial charge is 0.436 e. The highest BCUT2D eigenvalue weighted by Crippen LogP contribution is 2.42. The molecule has 0 spiro atoms. The maximum atomic E-state index is 12.1. The van der Waals surface area contributed by atoms with E-state index < -0.39 is 0 Å². The number of hydrogen-bond donors (Lipinski definition) is 0. The average Bonchev–Trinajstić information content (AvgIpc) is 3.42. The molecular weight excluding hydrogens is 410 g/mol. The lowest BCUT2D eigenvalue weighted by atomic mass is 9.98. The van der Waals surface area contributed by atoms with Crippen LogP contribution in [0, 0.1) is 11.3 Å². The second-order valence-electron chi connectivity index (χ2n) is 7.58.